The van der Waals surface area contributed by atoms with Crippen molar-refractivity contribution >= 4 is 75.2 Å². The van der Waals surface area contributed by atoms with E-state index >= 15 is 0 Å². The highest BCUT2D eigenvalue weighted by atomic mass is 35.5. The molecule has 1 N–H and O–H groups in total. The van der Waals surface area contributed by atoms with Crippen LogP contribution in [0.3, 0.4) is 0 Å². The minimum Gasteiger partial charge on any atom is -0.483 e. The van der Waals surface area contributed by atoms with E-state index in [2.05, 4.69) is 69.1 Å². The second kappa shape index (κ2) is 14.0. The fraction of sp³-hybridized carbons (Fsp3) is 0.371. The number of ether oxygens (including phenoxy) is 1. The number of aliphatic imine (C=N–C) groups is 1. The summed E-state index contributed by atoms with van der Waals surface area (Å²) in [5.74, 6) is -0.583. The summed E-state index contributed by atoms with van der Waals surface area (Å²) >= 11 is 19.0. The van der Waals surface area contributed by atoms with Gasteiger partial charge in [0.1, 0.15) is 11.4 Å². The van der Waals surface area contributed by atoms with E-state index in [1.165, 1.54) is 17.7 Å². The first-order chi connectivity index (χ1) is 21.6. The maximum Gasteiger partial charge on any atom is 0.301 e. The Labute approximate surface area is 286 Å². The molecule has 3 aromatic carbocycles. The van der Waals surface area contributed by atoms with Gasteiger partial charge < -0.3 is 15.0 Å². The van der Waals surface area contributed by atoms with E-state index in [0.29, 0.717) is 16.5 Å². The number of hydrazone groups is 1. The van der Waals surface area contributed by atoms with E-state index in [1.807, 2.05) is 37.2 Å². The van der Waals surface area contributed by atoms with Gasteiger partial charge in [-0.3, -0.25) is 9.59 Å². The second-order valence-electron chi connectivity index (χ2n) is 12.7. The smallest absolute Gasteiger partial charge is 0.301 e. The predicted octanol–water partition coefficient (Wildman–Crippen LogP) is 8.72. The molecule has 0 bridgehead atoms. The number of rotatable bonds is 10. The van der Waals surface area contributed by atoms with Gasteiger partial charge >= 0.3 is 5.91 Å². The fourth-order valence-corrected chi connectivity index (χ4v) is 5.71. The van der Waals surface area contributed by atoms with E-state index in [9.17, 15) is 9.59 Å². The number of anilines is 2. The molecule has 244 valence electrons. The number of carbonyl (C=O) groups excluding carboxylic acids is 2. The van der Waals surface area contributed by atoms with Crippen LogP contribution in [0, 0.1) is 0 Å². The summed E-state index contributed by atoms with van der Waals surface area (Å²) in [5.41, 5.74) is 3.52. The Hall–Kier alpha value is -3.59. The predicted molar refractivity (Wildman–Crippen MR) is 191 cm³/mol. The van der Waals surface area contributed by atoms with Gasteiger partial charge in [0, 0.05) is 30.4 Å². The Balaban J connectivity index is 1.66. The summed E-state index contributed by atoms with van der Waals surface area (Å²) in [5, 5.41) is 8.64. The molecule has 0 spiro atoms. The molecular formula is C35H40Cl3N5O3. The first-order valence-electron chi connectivity index (χ1n) is 15.1. The molecule has 0 radical (unpaired) electrons. The highest BCUT2D eigenvalue weighted by Gasteiger charge is 2.37. The van der Waals surface area contributed by atoms with Crippen LogP contribution >= 0.6 is 34.8 Å². The Bertz CT molecular complexity index is 1670. The zero-order chi connectivity index (χ0) is 34.0. The number of nitrogens with one attached hydrogen (secondary N) is 1. The van der Waals surface area contributed by atoms with Crippen LogP contribution in [0.5, 0.6) is 5.75 Å². The molecule has 2 amide bonds. The van der Waals surface area contributed by atoms with Crippen molar-refractivity contribution in [2.45, 2.75) is 65.2 Å². The Morgan fingerprint density at radius 2 is 1.54 bits per heavy atom. The van der Waals surface area contributed by atoms with Crippen LogP contribution in [-0.4, -0.2) is 44.1 Å². The maximum absolute atomic E-state index is 13.7. The van der Waals surface area contributed by atoms with Gasteiger partial charge in [-0.1, -0.05) is 88.5 Å². The molecule has 0 fully saturated rings. The van der Waals surface area contributed by atoms with Crippen molar-refractivity contribution in [1.82, 2.24) is 5.32 Å². The van der Waals surface area contributed by atoms with Crippen LogP contribution in [0.2, 0.25) is 15.1 Å². The van der Waals surface area contributed by atoms with Gasteiger partial charge in [0.2, 0.25) is 0 Å². The van der Waals surface area contributed by atoms with Crippen molar-refractivity contribution in [1.29, 1.82) is 0 Å². The molecule has 0 saturated carbocycles. The molecule has 0 atom stereocenters. The summed E-state index contributed by atoms with van der Waals surface area (Å²) in [7, 11) is 3.85. The van der Waals surface area contributed by atoms with Crippen LogP contribution in [-0.2, 0) is 20.4 Å². The molecule has 1 heterocycles. The van der Waals surface area contributed by atoms with Gasteiger partial charge in [-0.05, 0) is 71.7 Å². The highest BCUT2D eigenvalue weighted by Crippen LogP contribution is 2.40. The number of amidine groups is 1. The lowest BCUT2D eigenvalue weighted by Gasteiger charge is -2.30. The SMILES string of the molecule is CCC(C)(C)c1ccc(OCC(=O)NC2=NN(c3c(Cl)cc(Cl)cc3Cl)C(=O)C2=Nc2ccc(N(C)C)cc2)c(C(C)(C)CC)c1. The quantitative estimate of drug-likeness (QED) is 0.232. The highest BCUT2D eigenvalue weighted by molar-refractivity contribution is 6.72. The second-order valence-corrected chi connectivity index (χ2v) is 13.9. The molecule has 0 unspecified atom stereocenters. The van der Waals surface area contributed by atoms with Crippen LogP contribution in [0.15, 0.2) is 64.7 Å². The molecular weight excluding hydrogens is 645 g/mol. The van der Waals surface area contributed by atoms with Gasteiger partial charge in [0.15, 0.2) is 18.2 Å². The molecule has 11 heteroatoms. The van der Waals surface area contributed by atoms with Gasteiger partial charge in [-0.15, -0.1) is 5.10 Å². The lowest BCUT2D eigenvalue weighted by molar-refractivity contribution is -0.121. The number of hydrogen-bond donors (Lipinski definition) is 1. The number of hydrogen-bond acceptors (Lipinski definition) is 6. The van der Waals surface area contributed by atoms with Gasteiger partial charge in [-0.2, -0.15) is 5.01 Å². The van der Waals surface area contributed by atoms with E-state index in [4.69, 9.17) is 39.5 Å². The van der Waals surface area contributed by atoms with E-state index in [-0.39, 0.29) is 44.7 Å². The fourth-order valence-electron chi connectivity index (χ4n) is 4.73. The van der Waals surface area contributed by atoms with Crippen molar-refractivity contribution in [2.75, 3.05) is 30.6 Å². The van der Waals surface area contributed by atoms with Crippen molar-refractivity contribution < 1.29 is 14.3 Å². The minimum atomic E-state index is -0.625. The largest absolute Gasteiger partial charge is 0.483 e. The van der Waals surface area contributed by atoms with Crippen molar-refractivity contribution in [3.63, 3.8) is 0 Å². The normalized spacial score (nSPS) is 14.5. The number of amides is 2. The van der Waals surface area contributed by atoms with E-state index < -0.39 is 11.8 Å². The lowest BCUT2D eigenvalue weighted by atomic mass is 9.76. The zero-order valence-electron chi connectivity index (χ0n) is 27.5. The average molecular weight is 685 g/mol. The molecule has 1 aliphatic rings. The third kappa shape index (κ3) is 7.68. The molecule has 4 rings (SSSR count). The molecule has 0 aliphatic carbocycles. The summed E-state index contributed by atoms with van der Waals surface area (Å²) in [4.78, 5) is 33.6. The molecule has 8 nitrogen and oxygen atoms in total. The number of carbonyl (C=O) groups is 2. The molecule has 0 aromatic heterocycles. The lowest BCUT2D eigenvalue weighted by Crippen LogP contribution is -2.39. The Morgan fingerprint density at radius 1 is 0.935 bits per heavy atom. The molecule has 1 aliphatic heterocycles. The summed E-state index contributed by atoms with van der Waals surface area (Å²) in [6.45, 7) is 12.7. The standard InChI is InChI=1S/C35H40Cl3N5O3/c1-9-34(3,4)21-11-16-28(25(17-21)35(5,6)10-2)46-20-29(44)40-32-30(39-23-12-14-24(15-13-23)42(7)8)33(45)43(41-32)31-26(37)18-22(36)19-27(31)38/h11-19H,9-10,20H2,1-8H3,(H,40,41,44). The molecule has 46 heavy (non-hydrogen) atoms. The van der Waals surface area contributed by atoms with Crippen LogP contribution in [0.25, 0.3) is 0 Å². The van der Waals surface area contributed by atoms with Crippen LogP contribution in [0.1, 0.15) is 65.5 Å². The van der Waals surface area contributed by atoms with Crippen molar-refractivity contribution in [3.05, 3.63) is 80.8 Å². The summed E-state index contributed by atoms with van der Waals surface area (Å²) in [6, 6.07) is 16.4. The van der Waals surface area contributed by atoms with Crippen LogP contribution < -0.4 is 20.0 Å². The Kier molecular flexibility index (Phi) is 10.8. The number of halogens is 3. The third-order valence-electron chi connectivity index (χ3n) is 8.49. The zero-order valence-corrected chi connectivity index (χ0v) is 29.7. The van der Waals surface area contributed by atoms with Gasteiger partial charge in [0.25, 0.3) is 5.91 Å². The third-order valence-corrected chi connectivity index (χ3v) is 9.29. The van der Waals surface area contributed by atoms with Gasteiger partial charge in [0.05, 0.1) is 15.7 Å². The van der Waals surface area contributed by atoms with Crippen LogP contribution in [0.4, 0.5) is 17.1 Å². The number of benzene rings is 3. The monoisotopic (exact) mass is 683 g/mol. The summed E-state index contributed by atoms with van der Waals surface area (Å²) in [6.07, 6.45) is 1.86. The average Bonchev–Trinajstić information content (AvgIpc) is 3.29. The first kappa shape index (κ1) is 35.3. The van der Waals surface area contributed by atoms with E-state index in [0.717, 1.165) is 29.1 Å². The molecule has 0 saturated heterocycles. The first-order valence-corrected chi connectivity index (χ1v) is 16.2. The van der Waals surface area contributed by atoms with Crippen molar-refractivity contribution in [2.24, 2.45) is 10.1 Å². The molecule has 3 aromatic rings. The summed E-state index contributed by atoms with van der Waals surface area (Å²) < 4.78 is 6.11. The maximum atomic E-state index is 13.7. The van der Waals surface area contributed by atoms with Gasteiger partial charge in [-0.25, -0.2) is 4.99 Å². The van der Waals surface area contributed by atoms with Crippen molar-refractivity contribution in [3.8, 4) is 5.75 Å². The number of nitrogens with zero attached hydrogens (tertiary/aromatic N) is 4. The Morgan fingerprint density at radius 3 is 2.11 bits per heavy atom. The minimum absolute atomic E-state index is 0.00803. The topological polar surface area (TPSA) is 86.6 Å². The van der Waals surface area contributed by atoms with E-state index in [1.54, 1.807) is 12.1 Å².